The standard InChI is InChI=1S/C11H15N5O3/c1-3-5-7-10(11(17)18)13-15-16(7)6-9-12-8(4-2)14-19-9/h3-6H2,1-2H3,(H,17,18). The molecule has 8 nitrogen and oxygen atoms in total. The summed E-state index contributed by atoms with van der Waals surface area (Å²) in [5, 5.41) is 20.4. The van der Waals surface area contributed by atoms with E-state index in [0.29, 0.717) is 30.3 Å². The van der Waals surface area contributed by atoms with Crippen LogP contribution >= 0.6 is 0 Å². The van der Waals surface area contributed by atoms with Gasteiger partial charge in [-0.25, -0.2) is 9.48 Å². The molecule has 0 aliphatic rings. The van der Waals surface area contributed by atoms with E-state index in [1.54, 1.807) is 0 Å². The molecule has 2 rings (SSSR count). The number of aryl methyl sites for hydroxylation is 1. The molecule has 0 bridgehead atoms. The van der Waals surface area contributed by atoms with Crippen molar-refractivity contribution in [1.29, 1.82) is 0 Å². The van der Waals surface area contributed by atoms with Gasteiger partial charge in [-0.15, -0.1) is 5.10 Å². The van der Waals surface area contributed by atoms with Crippen LogP contribution < -0.4 is 0 Å². The molecule has 0 aliphatic carbocycles. The number of carboxylic acid groups (broad SMARTS) is 1. The Morgan fingerprint density at radius 3 is 2.79 bits per heavy atom. The molecule has 2 heterocycles. The third-order valence-electron chi connectivity index (χ3n) is 2.64. The number of nitrogens with zero attached hydrogens (tertiary/aromatic N) is 5. The average Bonchev–Trinajstić information content (AvgIpc) is 2.98. The van der Waals surface area contributed by atoms with Crippen molar-refractivity contribution in [3.05, 3.63) is 23.1 Å². The van der Waals surface area contributed by atoms with E-state index in [9.17, 15) is 4.79 Å². The molecule has 0 radical (unpaired) electrons. The first kappa shape index (κ1) is 13.2. The van der Waals surface area contributed by atoms with Crippen LogP contribution in [0.4, 0.5) is 0 Å². The van der Waals surface area contributed by atoms with E-state index in [4.69, 9.17) is 9.63 Å². The Morgan fingerprint density at radius 1 is 1.42 bits per heavy atom. The highest BCUT2D eigenvalue weighted by molar-refractivity contribution is 5.86. The summed E-state index contributed by atoms with van der Waals surface area (Å²) in [6.07, 6.45) is 2.07. The maximum atomic E-state index is 11.0. The van der Waals surface area contributed by atoms with Crippen LogP contribution in [0.25, 0.3) is 0 Å². The van der Waals surface area contributed by atoms with E-state index in [-0.39, 0.29) is 12.2 Å². The molecule has 19 heavy (non-hydrogen) atoms. The van der Waals surface area contributed by atoms with Crippen molar-refractivity contribution in [1.82, 2.24) is 25.1 Å². The van der Waals surface area contributed by atoms with Gasteiger partial charge in [-0.1, -0.05) is 30.6 Å². The smallest absolute Gasteiger partial charge is 0.358 e. The molecule has 0 saturated heterocycles. The van der Waals surface area contributed by atoms with Gasteiger partial charge in [-0.2, -0.15) is 4.98 Å². The SMILES string of the molecule is CCCc1c(C(=O)O)nnn1Cc1nc(CC)no1. The fraction of sp³-hybridized carbons (Fsp3) is 0.545. The molecule has 0 fully saturated rings. The topological polar surface area (TPSA) is 107 Å². The van der Waals surface area contributed by atoms with Crippen molar-refractivity contribution < 1.29 is 14.4 Å². The highest BCUT2D eigenvalue weighted by atomic mass is 16.5. The van der Waals surface area contributed by atoms with Crippen molar-refractivity contribution >= 4 is 5.97 Å². The number of hydrogen-bond donors (Lipinski definition) is 1. The second-order valence-electron chi connectivity index (χ2n) is 4.06. The summed E-state index contributed by atoms with van der Waals surface area (Å²) in [4.78, 5) is 15.2. The summed E-state index contributed by atoms with van der Waals surface area (Å²) >= 11 is 0. The molecular formula is C11H15N5O3. The zero-order chi connectivity index (χ0) is 13.8. The molecule has 2 aromatic heterocycles. The number of aromatic nitrogens is 5. The molecule has 2 aromatic rings. The fourth-order valence-corrected chi connectivity index (χ4v) is 1.74. The van der Waals surface area contributed by atoms with Crippen LogP contribution in [0, 0.1) is 0 Å². The Hall–Kier alpha value is -2.25. The van der Waals surface area contributed by atoms with E-state index >= 15 is 0 Å². The Balaban J connectivity index is 2.26. The summed E-state index contributed by atoms with van der Waals surface area (Å²) in [7, 11) is 0. The Kier molecular flexibility index (Phi) is 3.88. The lowest BCUT2D eigenvalue weighted by Crippen LogP contribution is -2.09. The van der Waals surface area contributed by atoms with Crippen molar-refractivity contribution in [3.8, 4) is 0 Å². The molecule has 0 unspecified atom stereocenters. The van der Waals surface area contributed by atoms with Crippen LogP contribution in [-0.2, 0) is 19.4 Å². The first-order valence-corrected chi connectivity index (χ1v) is 6.12. The minimum atomic E-state index is -1.07. The molecule has 0 aromatic carbocycles. The summed E-state index contributed by atoms with van der Waals surface area (Å²) < 4.78 is 6.57. The average molecular weight is 265 g/mol. The normalized spacial score (nSPS) is 10.8. The van der Waals surface area contributed by atoms with Gasteiger partial charge in [0.2, 0.25) is 5.89 Å². The number of carbonyl (C=O) groups is 1. The predicted octanol–water partition coefficient (Wildman–Crippen LogP) is 0.922. The number of rotatable bonds is 6. The molecule has 0 atom stereocenters. The van der Waals surface area contributed by atoms with E-state index in [0.717, 1.165) is 6.42 Å². The largest absolute Gasteiger partial charge is 0.476 e. The summed E-state index contributed by atoms with van der Waals surface area (Å²) in [6, 6.07) is 0. The molecule has 0 spiro atoms. The first-order valence-electron chi connectivity index (χ1n) is 6.12. The van der Waals surface area contributed by atoms with Gasteiger partial charge in [0.15, 0.2) is 11.5 Å². The summed E-state index contributed by atoms with van der Waals surface area (Å²) in [6.45, 7) is 4.13. The van der Waals surface area contributed by atoms with E-state index in [2.05, 4.69) is 20.5 Å². The van der Waals surface area contributed by atoms with Gasteiger partial charge < -0.3 is 9.63 Å². The lowest BCUT2D eigenvalue weighted by Gasteiger charge is -2.02. The quantitative estimate of drug-likeness (QED) is 0.827. The van der Waals surface area contributed by atoms with Crippen LogP contribution in [0.1, 0.15) is 48.2 Å². The second-order valence-corrected chi connectivity index (χ2v) is 4.06. The predicted molar refractivity (Wildman–Crippen MR) is 63.8 cm³/mol. The van der Waals surface area contributed by atoms with Gasteiger partial charge in [0, 0.05) is 6.42 Å². The third-order valence-corrected chi connectivity index (χ3v) is 2.64. The Morgan fingerprint density at radius 2 is 2.21 bits per heavy atom. The number of carboxylic acids is 1. The highest BCUT2D eigenvalue weighted by Gasteiger charge is 2.19. The van der Waals surface area contributed by atoms with Gasteiger partial charge in [0.1, 0.15) is 6.54 Å². The minimum Gasteiger partial charge on any atom is -0.476 e. The Labute approximate surface area is 109 Å². The first-order chi connectivity index (χ1) is 9.15. The van der Waals surface area contributed by atoms with Crippen LogP contribution in [0.5, 0.6) is 0 Å². The molecule has 0 saturated carbocycles. The summed E-state index contributed by atoms with van der Waals surface area (Å²) in [5.41, 5.74) is 0.559. The van der Waals surface area contributed by atoms with Gasteiger partial charge in [0.05, 0.1) is 5.69 Å². The van der Waals surface area contributed by atoms with Gasteiger partial charge >= 0.3 is 5.97 Å². The molecule has 0 aliphatic heterocycles. The van der Waals surface area contributed by atoms with Crippen LogP contribution in [0.2, 0.25) is 0 Å². The molecule has 1 N–H and O–H groups in total. The second kappa shape index (κ2) is 5.59. The van der Waals surface area contributed by atoms with Gasteiger partial charge in [0.25, 0.3) is 0 Å². The maximum absolute atomic E-state index is 11.0. The molecule has 0 amide bonds. The lowest BCUT2D eigenvalue weighted by atomic mass is 10.2. The third kappa shape index (κ3) is 2.78. The van der Waals surface area contributed by atoms with Crippen LogP contribution in [0.15, 0.2) is 4.52 Å². The molecule has 8 heteroatoms. The number of aromatic carboxylic acids is 1. The molecule has 102 valence electrons. The van der Waals surface area contributed by atoms with Crippen molar-refractivity contribution in [2.24, 2.45) is 0 Å². The van der Waals surface area contributed by atoms with Crippen LogP contribution in [-0.4, -0.2) is 36.2 Å². The zero-order valence-corrected chi connectivity index (χ0v) is 10.8. The zero-order valence-electron chi connectivity index (χ0n) is 10.8. The van der Waals surface area contributed by atoms with Gasteiger partial charge in [-0.05, 0) is 6.42 Å². The molecular weight excluding hydrogens is 250 g/mol. The van der Waals surface area contributed by atoms with Crippen molar-refractivity contribution in [3.63, 3.8) is 0 Å². The van der Waals surface area contributed by atoms with E-state index in [1.807, 2.05) is 13.8 Å². The maximum Gasteiger partial charge on any atom is 0.358 e. The monoisotopic (exact) mass is 265 g/mol. The Bertz CT molecular complexity index is 575. The number of hydrogen-bond acceptors (Lipinski definition) is 6. The fourth-order valence-electron chi connectivity index (χ4n) is 1.74. The summed E-state index contributed by atoms with van der Waals surface area (Å²) in [5.74, 6) is -0.0591. The van der Waals surface area contributed by atoms with E-state index < -0.39 is 5.97 Å². The minimum absolute atomic E-state index is 0.0166. The van der Waals surface area contributed by atoms with Crippen molar-refractivity contribution in [2.45, 2.75) is 39.7 Å². The van der Waals surface area contributed by atoms with Crippen LogP contribution in [0.3, 0.4) is 0 Å². The highest BCUT2D eigenvalue weighted by Crippen LogP contribution is 2.11. The van der Waals surface area contributed by atoms with E-state index in [1.165, 1.54) is 4.68 Å². The lowest BCUT2D eigenvalue weighted by molar-refractivity contribution is 0.0689. The van der Waals surface area contributed by atoms with Crippen molar-refractivity contribution in [2.75, 3.05) is 0 Å². The van der Waals surface area contributed by atoms with Gasteiger partial charge in [-0.3, -0.25) is 0 Å².